The number of aromatic amines is 1. The van der Waals surface area contributed by atoms with E-state index in [1.54, 1.807) is 12.1 Å². The summed E-state index contributed by atoms with van der Waals surface area (Å²) in [5, 5.41) is 6.90. The van der Waals surface area contributed by atoms with Crippen LogP contribution in [0.15, 0.2) is 52.2 Å². The molecule has 1 aliphatic rings. The van der Waals surface area contributed by atoms with E-state index in [9.17, 15) is 13.2 Å². The molecule has 0 spiro atoms. The highest BCUT2D eigenvalue weighted by molar-refractivity contribution is 7.92. The lowest BCUT2D eigenvalue weighted by molar-refractivity contribution is 0.600. The number of para-hydroxylation sites is 1. The zero-order valence-electron chi connectivity index (χ0n) is 17.9. The first-order valence-corrected chi connectivity index (χ1v) is 12.3. The minimum absolute atomic E-state index is 0.144. The number of hydrogen-bond acceptors (Lipinski definition) is 4. The Bertz CT molecular complexity index is 1280. The lowest BCUT2D eigenvalue weighted by Crippen LogP contribution is -2.21. The third-order valence-electron chi connectivity index (χ3n) is 5.95. The third-order valence-corrected chi connectivity index (χ3v) is 7.40. The summed E-state index contributed by atoms with van der Waals surface area (Å²) >= 11 is 0. The fourth-order valence-corrected chi connectivity index (χ4v) is 5.71. The zero-order valence-corrected chi connectivity index (χ0v) is 18.7. The Balaban J connectivity index is 1.81. The van der Waals surface area contributed by atoms with Crippen molar-refractivity contribution in [2.45, 2.75) is 57.3 Å². The molecule has 2 N–H and O–H groups in total. The summed E-state index contributed by atoms with van der Waals surface area (Å²) in [7, 11) is -3.80. The van der Waals surface area contributed by atoms with E-state index in [0.717, 1.165) is 54.4 Å². The molecule has 1 aliphatic carbocycles. The van der Waals surface area contributed by atoms with Crippen molar-refractivity contribution >= 4 is 15.7 Å². The predicted molar refractivity (Wildman–Crippen MR) is 123 cm³/mol. The SMILES string of the molecule is CCc1ccccc1NS(=O)(=O)c1cc(-c2n[nH]c(=O)c3c2CCCC3)ccc1CC. The smallest absolute Gasteiger partial charge is 0.267 e. The molecule has 7 heteroatoms. The number of anilines is 1. The van der Waals surface area contributed by atoms with Crippen LogP contribution >= 0.6 is 0 Å². The van der Waals surface area contributed by atoms with Gasteiger partial charge in [-0.25, -0.2) is 13.5 Å². The molecule has 0 saturated carbocycles. The largest absolute Gasteiger partial charge is 0.279 e. The Morgan fingerprint density at radius 1 is 0.968 bits per heavy atom. The van der Waals surface area contributed by atoms with Crippen LogP contribution in [0.3, 0.4) is 0 Å². The number of aryl methyl sites for hydroxylation is 2. The van der Waals surface area contributed by atoms with Gasteiger partial charge in [0.1, 0.15) is 0 Å². The molecule has 0 unspecified atom stereocenters. The van der Waals surface area contributed by atoms with E-state index < -0.39 is 10.0 Å². The summed E-state index contributed by atoms with van der Waals surface area (Å²) < 4.78 is 29.5. The van der Waals surface area contributed by atoms with Crippen molar-refractivity contribution < 1.29 is 8.42 Å². The van der Waals surface area contributed by atoms with Crippen LogP contribution in [-0.2, 0) is 35.7 Å². The molecular weight excluding hydrogens is 410 g/mol. The molecule has 0 bridgehead atoms. The first-order valence-electron chi connectivity index (χ1n) is 10.8. The van der Waals surface area contributed by atoms with Crippen molar-refractivity contribution in [2.75, 3.05) is 4.72 Å². The topological polar surface area (TPSA) is 91.9 Å². The number of benzene rings is 2. The molecule has 4 rings (SSSR count). The molecule has 3 aromatic rings. The fraction of sp³-hybridized carbons (Fsp3) is 0.333. The van der Waals surface area contributed by atoms with Crippen molar-refractivity contribution in [3.63, 3.8) is 0 Å². The van der Waals surface area contributed by atoms with Gasteiger partial charge >= 0.3 is 0 Å². The summed E-state index contributed by atoms with van der Waals surface area (Å²) in [6.45, 7) is 3.93. The summed E-state index contributed by atoms with van der Waals surface area (Å²) in [5.74, 6) is 0. The second-order valence-corrected chi connectivity index (χ2v) is 9.51. The predicted octanol–water partition coefficient (Wildman–Crippen LogP) is 4.24. The van der Waals surface area contributed by atoms with E-state index in [1.807, 2.05) is 44.2 Å². The normalized spacial score (nSPS) is 13.6. The highest BCUT2D eigenvalue weighted by Crippen LogP contribution is 2.31. The second-order valence-electron chi connectivity index (χ2n) is 7.86. The number of rotatable bonds is 6. The number of nitrogens with one attached hydrogen (secondary N) is 2. The molecule has 0 radical (unpaired) electrons. The number of hydrogen-bond donors (Lipinski definition) is 2. The highest BCUT2D eigenvalue weighted by atomic mass is 32.2. The summed E-state index contributed by atoms with van der Waals surface area (Å²) in [6, 6.07) is 12.9. The van der Waals surface area contributed by atoms with Gasteiger partial charge in [0.05, 0.1) is 16.3 Å². The molecule has 1 heterocycles. The van der Waals surface area contributed by atoms with Gasteiger partial charge in [-0.15, -0.1) is 0 Å². The molecule has 0 fully saturated rings. The molecule has 0 atom stereocenters. The van der Waals surface area contributed by atoms with Crippen molar-refractivity contribution in [1.29, 1.82) is 0 Å². The Labute approximate surface area is 182 Å². The maximum absolute atomic E-state index is 13.4. The van der Waals surface area contributed by atoms with Crippen molar-refractivity contribution in [1.82, 2.24) is 10.2 Å². The van der Waals surface area contributed by atoms with Crippen molar-refractivity contribution in [2.24, 2.45) is 0 Å². The summed E-state index contributed by atoms with van der Waals surface area (Å²) in [5.41, 5.74) is 5.21. The van der Waals surface area contributed by atoms with E-state index >= 15 is 0 Å². The van der Waals surface area contributed by atoms with Gasteiger partial charge < -0.3 is 0 Å². The monoisotopic (exact) mass is 437 g/mol. The molecule has 6 nitrogen and oxygen atoms in total. The van der Waals surface area contributed by atoms with Gasteiger partial charge in [0.25, 0.3) is 15.6 Å². The zero-order chi connectivity index (χ0) is 22.0. The summed E-state index contributed by atoms with van der Waals surface area (Å²) in [4.78, 5) is 12.5. The van der Waals surface area contributed by atoms with Gasteiger partial charge in [-0.3, -0.25) is 9.52 Å². The number of H-pyrrole nitrogens is 1. The molecule has 1 aromatic heterocycles. The molecule has 31 heavy (non-hydrogen) atoms. The van der Waals surface area contributed by atoms with Crippen LogP contribution in [0.25, 0.3) is 11.3 Å². The van der Waals surface area contributed by atoms with Gasteiger partial charge in [-0.2, -0.15) is 5.10 Å². The quantitative estimate of drug-likeness (QED) is 0.603. The first-order chi connectivity index (χ1) is 14.9. The maximum Gasteiger partial charge on any atom is 0.267 e. The Hall–Kier alpha value is -2.93. The fourth-order valence-electron chi connectivity index (χ4n) is 4.27. The minimum Gasteiger partial charge on any atom is -0.279 e. The molecule has 0 aliphatic heterocycles. The highest BCUT2D eigenvalue weighted by Gasteiger charge is 2.23. The summed E-state index contributed by atoms with van der Waals surface area (Å²) in [6.07, 6.45) is 4.80. The van der Waals surface area contributed by atoms with Crippen LogP contribution in [0.5, 0.6) is 0 Å². The van der Waals surface area contributed by atoms with Gasteiger partial charge in [0, 0.05) is 11.1 Å². The molecule has 0 amide bonds. The van der Waals surface area contributed by atoms with Crippen molar-refractivity contribution in [3.8, 4) is 11.3 Å². The first kappa shape index (κ1) is 21.3. The van der Waals surface area contributed by atoms with Crippen LogP contribution in [0.4, 0.5) is 5.69 Å². The molecule has 0 saturated heterocycles. The van der Waals surface area contributed by atoms with E-state index in [2.05, 4.69) is 14.9 Å². The van der Waals surface area contributed by atoms with E-state index in [4.69, 9.17) is 0 Å². The lowest BCUT2D eigenvalue weighted by atomic mass is 9.89. The second kappa shape index (κ2) is 8.67. The Morgan fingerprint density at radius 2 is 1.68 bits per heavy atom. The van der Waals surface area contributed by atoms with Crippen LogP contribution in [0.2, 0.25) is 0 Å². The number of nitrogens with zero attached hydrogens (tertiary/aromatic N) is 1. The molecular formula is C24H27N3O3S. The Kier molecular flexibility index (Phi) is 5.96. The average Bonchev–Trinajstić information content (AvgIpc) is 2.79. The van der Waals surface area contributed by atoms with E-state index in [-0.39, 0.29) is 10.5 Å². The maximum atomic E-state index is 13.4. The van der Waals surface area contributed by atoms with Crippen LogP contribution < -0.4 is 10.3 Å². The van der Waals surface area contributed by atoms with Gasteiger partial charge in [-0.05, 0) is 67.3 Å². The van der Waals surface area contributed by atoms with E-state index in [0.29, 0.717) is 23.4 Å². The van der Waals surface area contributed by atoms with E-state index in [1.165, 1.54) is 0 Å². The van der Waals surface area contributed by atoms with Gasteiger partial charge in [0.15, 0.2) is 0 Å². The number of sulfonamides is 1. The standard InChI is InChI=1S/C24H27N3O3S/c1-3-16-9-5-8-12-21(16)27-31(29,30)22-15-18(14-13-17(22)4-2)23-19-10-6-7-11-20(19)24(28)26-25-23/h5,8-9,12-15,27H,3-4,6-7,10-11H2,1-2H3,(H,26,28). The van der Waals surface area contributed by atoms with Gasteiger partial charge in [0.2, 0.25) is 0 Å². The molecule has 162 valence electrons. The Morgan fingerprint density at radius 3 is 2.42 bits per heavy atom. The average molecular weight is 438 g/mol. The molecule has 2 aromatic carbocycles. The van der Waals surface area contributed by atoms with Crippen molar-refractivity contribution in [3.05, 3.63) is 75.1 Å². The van der Waals surface area contributed by atoms with Crippen LogP contribution in [-0.4, -0.2) is 18.6 Å². The van der Waals surface area contributed by atoms with Crippen LogP contribution in [0, 0.1) is 0 Å². The number of fused-ring (bicyclic) bond motifs is 1. The number of aromatic nitrogens is 2. The minimum atomic E-state index is -3.80. The van der Waals surface area contributed by atoms with Crippen LogP contribution in [0.1, 0.15) is 48.9 Å². The lowest BCUT2D eigenvalue weighted by Gasteiger charge is -2.19. The third kappa shape index (κ3) is 4.14. The van der Waals surface area contributed by atoms with Gasteiger partial charge in [-0.1, -0.05) is 44.2 Å².